The number of ketones is 1. The normalized spacial score (nSPS) is 26.9. The highest BCUT2D eigenvalue weighted by atomic mass is 16.1. The molecule has 0 radical (unpaired) electrons. The van der Waals surface area contributed by atoms with Crippen LogP contribution >= 0.6 is 0 Å². The van der Waals surface area contributed by atoms with Crippen LogP contribution < -0.4 is 5.32 Å². The molecule has 64 valence electrons. The molecule has 0 amide bonds. The first-order valence-corrected chi connectivity index (χ1v) is 4.52. The maximum Gasteiger partial charge on any atom is 0.152 e. The van der Waals surface area contributed by atoms with Crippen LogP contribution in [0.2, 0.25) is 0 Å². The minimum atomic E-state index is 0.171. The minimum Gasteiger partial charge on any atom is -0.307 e. The summed E-state index contributed by atoms with van der Waals surface area (Å²) in [7, 11) is 0. The summed E-state index contributed by atoms with van der Waals surface area (Å²) in [5.41, 5.74) is 0. The number of carbonyl (C=O) groups is 1. The molecule has 0 bridgehead atoms. The Labute approximate surface area is 68.4 Å². The lowest BCUT2D eigenvalue weighted by Crippen LogP contribution is -2.34. The average molecular weight is 155 g/mol. The standard InChI is InChI=1S/C9H17NO/c1-3-7(2)9(11)8-5-4-6-10-8/h7-8,10H,3-6H2,1-2H3/t7?,8-/m0/s1. The van der Waals surface area contributed by atoms with Crippen molar-refractivity contribution in [3.8, 4) is 0 Å². The average Bonchev–Trinajstić information content (AvgIpc) is 2.53. The van der Waals surface area contributed by atoms with Crippen LogP contribution in [0, 0.1) is 5.92 Å². The maximum absolute atomic E-state index is 11.5. The van der Waals surface area contributed by atoms with Gasteiger partial charge in [-0.25, -0.2) is 0 Å². The highest BCUT2D eigenvalue weighted by Gasteiger charge is 2.24. The lowest BCUT2D eigenvalue weighted by molar-refractivity contribution is -0.124. The fraction of sp³-hybridized carbons (Fsp3) is 0.889. The molecule has 2 nitrogen and oxygen atoms in total. The number of carbonyl (C=O) groups excluding carboxylic acids is 1. The van der Waals surface area contributed by atoms with E-state index in [1.807, 2.05) is 6.92 Å². The molecule has 0 spiro atoms. The summed E-state index contributed by atoms with van der Waals surface area (Å²) in [6.45, 7) is 5.10. The van der Waals surface area contributed by atoms with Crippen molar-refractivity contribution in [2.45, 2.75) is 39.2 Å². The van der Waals surface area contributed by atoms with Crippen LogP contribution in [0.3, 0.4) is 0 Å². The molecular weight excluding hydrogens is 138 g/mol. The van der Waals surface area contributed by atoms with E-state index in [2.05, 4.69) is 12.2 Å². The fourth-order valence-corrected chi connectivity index (χ4v) is 1.47. The van der Waals surface area contributed by atoms with Crippen molar-refractivity contribution in [3.05, 3.63) is 0 Å². The first kappa shape index (κ1) is 8.72. The monoisotopic (exact) mass is 155 g/mol. The molecule has 2 heteroatoms. The zero-order valence-electron chi connectivity index (χ0n) is 7.39. The SMILES string of the molecule is CCC(C)C(=O)[C@@H]1CCCN1. The first-order valence-electron chi connectivity index (χ1n) is 4.52. The van der Waals surface area contributed by atoms with E-state index in [4.69, 9.17) is 0 Å². The Kier molecular flexibility index (Phi) is 3.06. The summed E-state index contributed by atoms with van der Waals surface area (Å²) in [4.78, 5) is 11.5. The molecule has 2 atom stereocenters. The highest BCUT2D eigenvalue weighted by Crippen LogP contribution is 2.12. The molecule has 1 saturated heterocycles. The molecule has 1 heterocycles. The van der Waals surface area contributed by atoms with Crippen molar-refractivity contribution < 1.29 is 4.79 Å². The van der Waals surface area contributed by atoms with Crippen LogP contribution in [0.15, 0.2) is 0 Å². The minimum absolute atomic E-state index is 0.171. The summed E-state index contributed by atoms with van der Waals surface area (Å²) in [5, 5.41) is 3.22. The molecule has 1 rings (SSSR count). The number of nitrogens with one attached hydrogen (secondary N) is 1. The molecule has 0 saturated carbocycles. The van der Waals surface area contributed by atoms with Gasteiger partial charge >= 0.3 is 0 Å². The quantitative estimate of drug-likeness (QED) is 0.666. The second-order valence-electron chi connectivity index (χ2n) is 3.36. The topological polar surface area (TPSA) is 29.1 Å². The molecule has 11 heavy (non-hydrogen) atoms. The van der Waals surface area contributed by atoms with E-state index in [0.29, 0.717) is 5.78 Å². The molecule has 1 unspecified atom stereocenters. The van der Waals surface area contributed by atoms with E-state index in [9.17, 15) is 4.79 Å². The van der Waals surface area contributed by atoms with Crippen LogP contribution in [-0.4, -0.2) is 18.4 Å². The smallest absolute Gasteiger partial charge is 0.152 e. The van der Waals surface area contributed by atoms with Gasteiger partial charge in [0.25, 0.3) is 0 Å². The van der Waals surface area contributed by atoms with Crippen molar-refractivity contribution in [2.75, 3.05) is 6.54 Å². The van der Waals surface area contributed by atoms with Gasteiger partial charge in [0.15, 0.2) is 5.78 Å². The third-order valence-electron chi connectivity index (χ3n) is 2.50. The fourth-order valence-electron chi connectivity index (χ4n) is 1.47. The largest absolute Gasteiger partial charge is 0.307 e. The van der Waals surface area contributed by atoms with Crippen LogP contribution in [0.1, 0.15) is 33.1 Å². The molecule has 1 fully saturated rings. The lowest BCUT2D eigenvalue weighted by atomic mass is 9.97. The first-order chi connectivity index (χ1) is 5.25. The number of hydrogen-bond donors (Lipinski definition) is 1. The molecular formula is C9H17NO. The van der Waals surface area contributed by atoms with Gasteiger partial charge in [-0.05, 0) is 25.8 Å². The van der Waals surface area contributed by atoms with Gasteiger partial charge in [-0.3, -0.25) is 4.79 Å². The Morgan fingerprint density at radius 3 is 2.91 bits per heavy atom. The van der Waals surface area contributed by atoms with Crippen molar-refractivity contribution in [3.63, 3.8) is 0 Å². The lowest BCUT2D eigenvalue weighted by Gasteiger charge is -2.13. The van der Waals surface area contributed by atoms with Crippen molar-refractivity contribution in [2.24, 2.45) is 5.92 Å². The molecule has 1 N–H and O–H groups in total. The Hall–Kier alpha value is -0.370. The summed E-state index contributed by atoms with van der Waals surface area (Å²) in [5.74, 6) is 0.649. The van der Waals surface area contributed by atoms with Crippen LogP contribution in [-0.2, 0) is 4.79 Å². The van der Waals surface area contributed by atoms with Gasteiger partial charge < -0.3 is 5.32 Å². The number of hydrogen-bond acceptors (Lipinski definition) is 2. The summed E-state index contributed by atoms with van der Waals surface area (Å²) in [6.07, 6.45) is 3.17. The Morgan fingerprint density at radius 1 is 1.73 bits per heavy atom. The predicted octanol–water partition coefficient (Wildman–Crippen LogP) is 1.35. The molecule has 1 aliphatic heterocycles. The van der Waals surface area contributed by atoms with Crippen molar-refractivity contribution in [1.29, 1.82) is 0 Å². The molecule has 0 aromatic carbocycles. The van der Waals surface area contributed by atoms with Crippen molar-refractivity contribution in [1.82, 2.24) is 5.32 Å². The Morgan fingerprint density at radius 2 is 2.45 bits per heavy atom. The van der Waals surface area contributed by atoms with Gasteiger partial charge in [0.2, 0.25) is 0 Å². The van der Waals surface area contributed by atoms with E-state index in [-0.39, 0.29) is 12.0 Å². The van der Waals surface area contributed by atoms with E-state index >= 15 is 0 Å². The van der Waals surface area contributed by atoms with Gasteiger partial charge in [0.1, 0.15) is 0 Å². The second-order valence-corrected chi connectivity index (χ2v) is 3.36. The van der Waals surface area contributed by atoms with Gasteiger partial charge in [-0.15, -0.1) is 0 Å². The van der Waals surface area contributed by atoms with Crippen LogP contribution in [0.4, 0.5) is 0 Å². The Balaban J connectivity index is 2.39. The van der Waals surface area contributed by atoms with Gasteiger partial charge in [0, 0.05) is 5.92 Å². The third-order valence-corrected chi connectivity index (χ3v) is 2.50. The third kappa shape index (κ3) is 2.03. The maximum atomic E-state index is 11.5. The van der Waals surface area contributed by atoms with Crippen LogP contribution in [0.25, 0.3) is 0 Å². The highest BCUT2D eigenvalue weighted by molar-refractivity contribution is 5.86. The van der Waals surface area contributed by atoms with Gasteiger partial charge in [-0.1, -0.05) is 13.8 Å². The molecule has 0 aliphatic carbocycles. The zero-order valence-corrected chi connectivity index (χ0v) is 7.39. The van der Waals surface area contributed by atoms with E-state index in [1.165, 1.54) is 0 Å². The number of rotatable bonds is 3. The molecule has 0 aromatic rings. The summed E-state index contributed by atoms with van der Waals surface area (Å²) < 4.78 is 0. The Bertz CT molecular complexity index is 138. The second kappa shape index (κ2) is 3.86. The predicted molar refractivity (Wildman–Crippen MR) is 45.5 cm³/mol. The van der Waals surface area contributed by atoms with E-state index in [1.54, 1.807) is 0 Å². The van der Waals surface area contributed by atoms with E-state index < -0.39 is 0 Å². The zero-order chi connectivity index (χ0) is 8.27. The summed E-state index contributed by atoms with van der Waals surface area (Å²) >= 11 is 0. The van der Waals surface area contributed by atoms with Gasteiger partial charge in [0.05, 0.1) is 6.04 Å². The van der Waals surface area contributed by atoms with Crippen LogP contribution in [0.5, 0.6) is 0 Å². The molecule has 1 aliphatic rings. The number of Topliss-reactive ketones (excluding diaryl/α,β-unsaturated/α-hetero) is 1. The summed E-state index contributed by atoms with van der Waals surface area (Å²) in [6, 6.07) is 0.171. The van der Waals surface area contributed by atoms with Crippen molar-refractivity contribution >= 4 is 5.78 Å². The van der Waals surface area contributed by atoms with Gasteiger partial charge in [-0.2, -0.15) is 0 Å². The molecule has 0 aromatic heterocycles. The van der Waals surface area contributed by atoms with E-state index in [0.717, 1.165) is 25.8 Å².